The van der Waals surface area contributed by atoms with Crippen molar-refractivity contribution in [1.29, 1.82) is 0 Å². The van der Waals surface area contributed by atoms with Crippen LogP contribution in [0.2, 0.25) is 0 Å². The number of aromatic nitrogens is 1. The van der Waals surface area contributed by atoms with Crippen LogP contribution in [0.15, 0.2) is 53.5 Å². The van der Waals surface area contributed by atoms with Crippen molar-refractivity contribution >= 4 is 0 Å². The first-order valence-electron chi connectivity index (χ1n) is 4.70. The van der Waals surface area contributed by atoms with Crippen molar-refractivity contribution in [1.82, 2.24) is 4.98 Å². The van der Waals surface area contributed by atoms with Crippen LogP contribution in [-0.2, 0) is 6.61 Å². The summed E-state index contributed by atoms with van der Waals surface area (Å²) < 4.78 is 5.42. The molecular formula is C12H11NO2. The van der Waals surface area contributed by atoms with Crippen molar-refractivity contribution in [2.75, 3.05) is 0 Å². The molecule has 0 aliphatic carbocycles. The van der Waals surface area contributed by atoms with Crippen LogP contribution in [0.25, 0.3) is 0 Å². The molecule has 1 heterocycles. The zero-order valence-corrected chi connectivity index (χ0v) is 8.14. The van der Waals surface area contributed by atoms with Crippen LogP contribution in [0.3, 0.4) is 0 Å². The van der Waals surface area contributed by atoms with Crippen LogP contribution in [0, 0.1) is 0 Å². The summed E-state index contributed by atoms with van der Waals surface area (Å²) in [5.74, 6) is 0.492. The molecule has 2 rings (SSSR count). The topological polar surface area (TPSA) is 42.1 Å². The Kier molecular flexibility index (Phi) is 2.83. The molecule has 0 spiro atoms. The third-order valence-corrected chi connectivity index (χ3v) is 1.98. The maximum atomic E-state index is 11.0. The standard InChI is InChI=1S/C12H11NO2/c14-11-6-7-13-12(8-11)15-9-10-4-2-1-3-5-10/h1-8H,9H2,(H,13,14). The van der Waals surface area contributed by atoms with Crippen LogP contribution in [0.4, 0.5) is 0 Å². The zero-order valence-electron chi connectivity index (χ0n) is 8.14. The molecule has 0 radical (unpaired) electrons. The molecule has 0 bridgehead atoms. The SMILES string of the molecule is O=c1cc[nH]c(OCc2ccccc2)c1. The molecule has 0 saturated carbocycles. The van der Waals surface area contributed by atoms with E-state index in [-0.39, 0.29) is 5.43 Å². The predicted octanol–water partition coefficient (Wildman–Crippen LogP) is 1.95. The Balaban J connectivity index is 2.02. The fourth-order valence-corrected chi connectivity index (χ4v) is 1.24. The van der Waals surface area contributed by atoms with Crippen molar-refractivity contribution in [2.24, 2.45) is 0 Å². The average Bonchev–Trinajstić information content (AvgIpc) is 2.28. The van der Waals surface area contributed by atoms with Gasteiger partial charge in [-0.2, -0.15) is 0 Å². The minimum absolute atomic E-state index is 0.0585. The molecular weight excluding hydrogens is 190 g/mol. The molecule has 2 aromatic rings. The lowest BCUT2D eigenvalue weighted by atomic mass is 10.2. The Morgan fingerprint density at radius 3 is 2.67 bits per heavy atom. The highest BCUT2D eigenvalue weighted by atomic mass is 16.5. The molecule has 0 unspecified atom stereocenters. The molecule has 3 nitrogen and oxygen atoms in total. The lowest BCUT2D eigenvalue weighted by Crippen LogP contribution is -2.02. The summed E-state index contributed by atoms with van der Waals surface area (Å²) in [6.07, 6.45) is 1.57. The molecule has 0 aliphatic rings. The summed E-state index contributed by atoms with van der Waals surface area (Å²) in [5.41, 5.74) is 1.01. The van der Waals surface area contributed by atoms with Crippen LogP contribution in [0.1, 0.15) is 5.56 Å². The quantitative estimate of drug-likeness (QED) is 0.824. The fraction of sp³-hybridized carbons (Fsp3) is 0.0833. The van der Waals surface area contributed by atoms with Gasteiger partial charge in [-0.05, 0) is 5.56 Å². The summed E-state index contributed by atoms with van der Waals surface area (Å²) in [7, 11) is 0. The van der Waals surface area contributed by atoms with Gasteiger partial charge in [-0.3, -0.25) is 4.79 Å². The third kappa shape index (κ3) is 2.71. The third-order valence-electron chi connectivity index (χ3n) is 1.98. The normalized spacial score (nSPS) is 9.87. The van der Waals surface area contributed by atoms with Gasteiger partial charge in [-0.1, -0.05) is 30.3 Å². The van der Waals surface area contributed by atoms with Gasteiger partial charge in [0.25, 0.3) is 0 Å². The van der Waals surface area contributed by atoms with Gasteiger partial charge in [-0.15, -0.1) is 0 Å². The van der Waals surface area contributed by atoms with E-state index < -0.39 is 0 Å². The number of benzene rings is 1. The first-order valence-corrected chi connectivity index (χ1v) is 4.70. The van der Waals surface area contributed by atoms with E-state index in [0.717, 1.165) is 5.56 Å². The van der Waals surface area contributed by atoms with Crippen molar-refractivity contribution < 1.29 is 4.74 Å². The number of nitrogens with one attached hydrogen (secondary N) is 1. The molecule has 0 aliphatic heterocycles. The molecule has 0 atom stereocenters. The summed E-state index contributed by atoms with van der Waals surface area (Å²) in [5, 5.41) is 0. The first kappa shape index (κ1) is 9.52. The van der Waals surface area contributed by atoms with Gasteiger partial charge in [0, 0.05) is 18.3 Å². The van der Waals surface area contributed by atoms with E-state index in [9.17, 15) is 4.79 Å². The first-order chi connectivity index (χ1) is 7.34. The molecule has 1 aromatic heterocycles. The van der Waals surface area contributed by atoms with Crippen molar-refractivity contribution in [3.8, 4) is 5.88 Å². The minimum atomic E-state index is -0.0585. The van der Waals surface area contributed by atoms with Gasteiger partial charge < -0.3 is 9.72 Å². The number of ether oxygens (including phenoxy) is 1. The van der Waals surface area contributed by atoms with E-state index in [1.807, 2.05) is 30.3 Å². The van der Waals surface area contributed by atoms with E-state index >= 15 is 0 Å². The molecule has 1 N–H and O–H groups in total. The number of H-pyrrole nitrogens is 1. The highest BCUT2D eigenvalue weighted by molar-refractivity contribution is 5.15. The Bertz CT molecular complexity index is 476. The van der Waals surface area contributed by atoms with Gasteiger partial charge in [0.1, 0.15) is 6.61 Å². The number of hydrogen-bond donors (Lipinski definition) is 1. The summed E-state index contributed by atoms with van der Waals surface area (Å²) in [6.45, 7) is 0.459. The molecule has 0 fully saturated rings. The number of rotatable bonds is 3. The average molecular weight is 201 g/mol. The van der Waals surface area contributed by atoms with Crippen LogP contribution in [-0.4, -0.2) is 4.98 Å². The predicted molar refractivity (Wildman–Crippen MR) is 57.8 cm³/mol. The Hall–Kier alpha value is -2.03. The lowest BCUT2D eigenvalue weighted by Gasteiger charge is -2.04. The largest absolute Gasteiger partial charge is 0.474 e. The molecule has 0 amide bonds. The van der Waals surface area contributed by atoms with Gasteiger partial charge in [0.05, 0.1) is 0 Å². The molecule has 76 valence electrons. The summed E-state index contributed by atoms with van der Waals surface area (Å²) in [6, 6.07) is 12.7. The van der Waals surface area contributed by atoms with E-state index in [4.69, 9.17) is 4.74 Å². The summed E-state index contributed by atoms with van der Waals surface area (Å²) >= 11 is 0. The zero-order chi connectivity index (χ0) is 10.5. The van der Waals surface area contributed by atoms with Gasteiger partial charge in [-0.25, -0.2) is 0 Å². The highest BCUT2D eigenvalue weighted by Gasteiger charge is 1.95. The van der Waals surface area contributed by atoms with Gasteiger partial charge >= 0.3 is 0 Å². The fourth-order valence-electron chi connectivity index (χ4n) is 1.24. The van der Waals surface area contributed by atoms with E-state index in [0.29, 0.717) is 12.5 Å². The van der Waals surface area contributed by atoms with Crippen molar-refractivity contribution in [2.45, 2.75) is 6.61 Å². The highest BCUT2D eigenvalue weighted by Crippen LogP contribution is 2.05. The maximum Gasteiger partial charge on any atom is 0.194 e. The Labute approximate surface area is 87.3 Å². The van der Waals surface area contributed by atoms with Crippen molar-refractivity contribution in [3.63, 3.8) is 0 Å². The number of hydrogen-bond acceptors (Lipinski definition) is 2. The van der Waals surface area contributed by atoms with E-state index in [1.54, 1.807) is 6.20 Å². The smallest absolute Gasteiger partial charge is 0.194 e. The van der Waals surface area contributed by atoms with Crippen LogP contribution >= 0.6 is 0 Å². The minimum Gasteiger partial charge on any atom is -0.474 e. The molecule has 15 heavy (non-hydrogen) atoms. The maximum absolute atomic E-state index is 11.0. The van der Waals surface area contributed by atoms with Crippen LogP contribution < -0.4 is 10.2 Å². The Morgan fingerprint density at radius 2 is 1.93 bits per heavy atom. The van der Waals surface area contributed by atoms with E-state index in [2.05, 4.69) is 4.98 Å². The molecule has 3 heteroatoms. The number of pyridine rings is 1. The van der Waals surface area contributed by atoms with Gasteiger partial charge in [0.15, 0.2) is 11.3 Å². The van der Waals surface area contributed by atoms with Crippen molar-refractivity contribution in [3.05, 3.63) is 64.4 Å². The second-order valence-corrected chi connectivity index (χ2v) is 3.16. The number of aromatic amines is 1. The molecule has 0 saturated heterocycles. The lowest BCUT2D eigenvalue weighted by molar-refractivity contribution is 0.293. The van der Waals surface area contributed by atoms with Crippen LogP contribution in [0.5, 0.6) is 5.88 Å². The second-order valence-electron chi connectivity index (χ2n) is 3.16. The second kappa shape index (κ2) is 4.46. The Morgan fingerprint density at radius 1 is 1.13 bits per heavy atom. The van der Waals surface area contributed by atoms with Gasteiger partial charge in [0.2, 0.25) is 0 Å². The monoisotopic (exact) mass is 201 g/mol. The molecule has 1 aromatic carbocycles. The summed E-state index contributed by atoms with van der Waals surface area (Å²) in [4.78, 5) is 13.9. The van der Waals surface area contributed by atoms with E-state index in [1.165, 1.54) is 12.1 Å².